The first kappa shape index (κ1) is 11.5. The molecule has 3 atom stereocenters. The summed E-state index contributed by atoms with van der Waals surface area (Å²) in [5.74, 6) is 2.41. The van der Waals surface area contributed by atoms with Crippen molar-refractivity contribution >= 4 is 11.9 Å². The van der Waals surface area contributed by atoms with Crippen LogP contribution in [0.25, 0.3) is 0 Å². The summed E-state index contributed by atoms with van der Waals surface area (Å²) in [4.78, 5) is 12.3. The van der Waals surface area contributed by atoms with Crippen LogP contribution in [-0.2, 0) is 0 Å². The Balaban J connectivity index is 1.72. The number of nitrogens with zero attached hydrogens (tertiary/aromatic N) is 3. The van der Waals surface area contributed by atoms with Crippen LogP contribution in [-0.4, -0.2) is 27.6 Å². The molecular formula is C12H19N5O. The van der Waals surface area contributed by atoms with Gasteiger partial charge in [0, 0.05) is 6.04 Å². The Morgan fingerprint density at radius 2 is 2.17 bits per heavy atom. The molecule has 2 aliphatic carbocycles. The number of hydrogen-bond donors (Lipinski definition) is 2. The Hall–Kier alpha value is -1.59. The quantitative estimate of drug-likeness (QED) is 0.840. The van der Waals surface area contributed by atoms with Gasteiger partial charge in [-0.2, -0.15) is 15.0 Å². The molecule has 18 heavy (non-hydrogen) atoms. The molecule has 2 bridgehead atoms. The number of fused-ring (bicyclic) bond motifs is 2. The van der Waals surface area contributed by atoms with E-state index in [0.29, 0.717) is 24.6 Å². The summed E-state index contributed by atoms with van der Waals surface area (Å²) in [6, 6.07) is 0.788. The Labute approximate surface area is 106 Å². The molecule has 3 rings (SSSR count). The normalized spacial score (nSPS) is 29.5. The van der Waals surface area contributed by atoms with Gasteiger partial charge in [0.15, 0.2) is 0 Å². The molecular weight excluding hydrogens is 230 g/mol. The molecule has 0 spiro atoms. The summed E-state index contributed by atoms with van der Waals surface area (Å²) in [5, 5.41) is 3.39. The van der Waals surface area contributed by atoms with Crippen molar-refractivity contribution in [2.75, 3.05) is 17.7 Å². The summed E-state index contributed by atoms with van der Waals surface area (Å²) in [7, 11) is 0. The second kappa shape index (κ2) is 4.59. The maximum absolute atomic E-state index is 5.66. The van der Waals surface area contributed by atoms with Crippen LogP contribution in [0, 0.1) is 11.8 Å². The van der Waals surface area contributed by atoms with Crippen molar-refractivity contribution < 1.29 is 4.74 Å². The second-order valence-corrected chi connectivity index (χ2v) is 5.16. The maximum atomic E-state index is 5.66. The van der Waals surface area contributed by atoms with Crippen LogP contribution in [0.15, 0.2) is 0 Å². The van der Waals surface area contributed by atoms with Crippen LogP contribution in [0.3, 0.4) is 0 Å². The molecule has 0 amide bonds. The van der Waals surface area contributed by atoms with E-state index < -0.39 is 0 Å². The number of ether oxygens (including phenoxy) is 1. The van der Waals surface area contributed by atoms with Gasteiger partial charge in [0.2, 0.25) is 11.9 Å². The molecule has 98 valence electrons. The molecule has 3 N–H and O–H groups in total. The molecule has 0 saturated heterocycles. The second-order valence-electron chi connectivity index (χ2n) is 5.16. The van der Waals surface area contributed by atoms with Crippen molar-refractivity contribution in [3.05, 3.63) is 0 Å². The van der Waals surface area contributed by atoms with Gasteiger partial charge in [-0.1, -0.05) is 6.42 Å². The van der Waals surface area contributed by atoms with Crippen molar-refractivity contribution in [3.8, 4) is 6.01 Å². The molecule has 6 heteroatoms. The maximum Gasteiger partial charge on any atom is 0.323 e. The highest BCUT2D eigenvalue weighted by atomic mass is 16.5. The zero-order valence-electron chi connectivity index (χ0n) is 10.6. The van der Waals surface area contributed by atoms with Gasteiger partial charge < -0.3 is 15.8 Å². The fourth-order valence-corrected chi connectivity index (χ4v) is 3.22. The third-order valence-electron chi connectivity index (χ3n) is 3.96. The molecule has 2 aliphatic rings. The van der Waals surface area contributed by atoms with E-state index in [1.54, 1.807) is 0 Å². The van der Waals surface area contributed by atoms with Gasteiger partial charge in [0.1, 0.15) is 0 Å². The summed E-state index contributed by atoms with van der Waals surface area (Å²) in [6.45, 7) is 2.42. The fraction of sp³-hybridized carbons (Fsp3) is 0.750. The van der Waals surface area contributed by atoms with Crippen LogP contribution >= 0.6 is 0 Å². The number of hydrogen-bond acceptors (Lipinski definition) is 6. The molecule has 0 radical (unpaired) electrons. The summed E-state index contributed by atoms with van der Waals surface area (Å²) >= 11 is 0. The minimum absolute atomic E-state index is 0.208. The molecule has 1 aromatic heterocycles. The van der Waals surface area contributed by atoms with Gasteiger partial charge in [0.25, 0.3) is 0 Å². The van der Waals surface area contributed by atoms with E-state index in [9.17, 15) is 0 Å². The summed E-state index contributed by atoms with van der Waals surface area (Å²) in [5.41, 5.74) is 5.66. The molecule has 6 nitrogen and oxygen atoms in total. The van der Waals surface area contributed by atoms with Gasteiger partial charge in [-0.3, -0.25) is 0 Å². The highest BCUT2D eigenvalue weighted by Crippen LogP contribution is 2.45. The Bertz CT molecular complexity index is 438. The lowest BCUT2D eigenvalue weighted by molar-refractivity contribution is 0.312. The zero-order valence-corrected chi connectivity index (χ0v) is 10.6. The summed E-state index contributed by atoms with van der Waals surface area (Å²) in [6.07, 6.45) is 5.27. The number of rotatable bonds is 4. The van der Waals surface area contributed by atoms with Crippen molar-refractivity contribution in [1.29, 1.82) is 0 Å². The van der Waals surface area contributed by atoms with E-state index in [4.69, 9.17) is 10.5 Å². The van der Waals surface area contributed by atoms with E-state index in [1.165, 1.54) is 25.7 Å². The number of aromatic nitrogens is 3. The molecule has 1 aromatic rings. The van der Waals surface area contributed by atoms with Crippen LogP contribution in [0.2, 0.25) is 0 Å². The number of nitrogens with one attached hydrogen (secondary N) is 1. The minimum atomic E-state index is 0.208. The number of anilines is 2. The summed E-state index contributed by atoms with van der Waals surface area (Å²) < 4.78 is 5.27. The van der Waals surface area contributed by atoms with E-state index in [1.807, 2.05) is 6.92 Å². The lowest BCUT2D eigenvalue weighted by Gasteiger charge is -2.22. The molecule has 3 unspecified atom stereocenters. The van der Waals surface area contributed by atoms with Crippen LogP contribution in [0.1, 0.15) is 32.6 Å². The zero-order chi connectivity index (χ0) is 12.5. The average Bonchev–Trinajstić information content (AvgIpc) is 2.90. The molecule has 0 aliphatic heterocycles. The van der Waals surface area contributed by atoms with Gasteiger partial charge >= 0.3 is 6.01 Å². The van der Waals surface area contributed by atoms with Crippen molar-refractivity contribution in [1.82, 2.24) is 15.0 Å². The monoisotopic (exact) mass is 249 g/mol. The van der Waals surface area contributed by atoms with Crippen molar-refractivity contribution in [2.45, 2.75) is 38.6 Å². The van der Waals surface area contributed by atoms with Gasteiger partial charge in [-0.15, -0.1) is 0 Å². The topological polar surface area (TPSA) is 86.0 Å². The number of nitrogen functional groups attached to an aromatic ring is 1. The van der Waals surface area contributed by atoms with Crippen LogP contribution in [0.4, 0.5) is 11.9 Å². The smallest absolute Gasteiger partial charge is 0.323 e. The predicted molar refractivity (Wildman–Crippen MR) is 68.3 cm³/mol. The van der Waals surface area contributed by atoms with Crippen molar-refractivity contribution in [2.24, 2.45) is 11.8 Å². The van der Waals surface area contributed by atoms with Crippen molar-refractivity contribution in [3.63, 3.8) is 0 Å². The minimum Gasteiger partial charge on any atom is -0.464 e. The lowest BCUT2D eigenvalue weighted by atomic mass is 9.95. The molecule has 2 fully saturated rings. The fourth-order valence-electron chi connectivity index (χ4n) is 3.22. The lowest BCUT2D eigenvalue weighted by Crippen LogP contribution is -2.27. The van der Waals surface area contributed by atoms with E-state index in [2.05, 4.69) is 20.3 Å². The first-order valence-electron chi connectivity index (χ1n) is 6.65. The Kier molecular flexibility index (Phi) is 2.93. The van der Waals surface area contributed by atoms with E-state index in [-0.39, 0.29) is 5.95 Å². The van der Waals surface area contributed by atoms with E-state index in [0.717, 1.165) is 11.8 Å². The standard InChI is InChI=1S/C12H19N5O/c1-2-18-12-16-10(13)15-11(17-12)14-9-6-7-3-4-8(9)5-7/h7-9H,2-6H2,1H3,(H3,13,14,15,16,17). The molecule has 1 heterocycles. The van der Waals surface area contributed by atoms with Gasteiger partial charge in [-0.05, 0) is 38.0 Å². The predicted octanol–water partition coefficient (Wildman–Crippen LogP) is 1.45. The number of nitrogens with two attached hydrogens (primary N) is 1. The third-order valence-corrected chi connectivity index (χ3v) is 3.96. The SMILES string of the molecule is CCOc1nc(N)nc(NC2CC3CCC2C3)n1. The van der Waals surface area contributed by atoms with Gasteiger partial charge in [0.05, 0.1) is 6.61 Å². The highest BCUT2D eigenvalue weighted by Gasteiger charge is 2.39. The van der Waals surface area contributed by atoms with E-state index >= 15 is 0 Å². The highest BCUT2D eigenvalue weighted by molar-refractivity contribution is 5.34. The first-order chi connectivity index (χ1) is 8.74. The Morgan fingerprint density at radius 1 is 1.28 bits per heavy atom. The molecule has 2 saturated carbocycles. The largest absolute Gasteiger partial charge is 0.464 e. The van der Waals surface area contributed by atoms with Crippen LogP contribution < -0.4 is 15.8 Å². The molecule has 0 aromatic carbocycles. The van der Waals surface area contributed by atoms with Crippen LogP contribution in [0.5, 0.6) is 6.01 Å². The Morgan fingerprint density at radius 3 is 2.83 bits per heavy atom. The van der Waals surface area contributed by atoms with Gasteiger partial charge in [-0.25, -0.2) is 0 Å². The third kappa shape index (κ3) is 2.19. The average molecular weight is 249 g/mol. The first-order valence-corrected chi connectivity index (χ1v) is 6.65.